The van der Waals surface area contributed by atoms with Gasteiger partial charge in [-0.05, 0) is 25.0 Å². The number of rotatable bonds is 3. The number of fused-ring (bicyclic) bond motifs is 1. The Labute approximate surface area is 140 Å². The van der Waals surface area contributed by atoms with Crippen LogP contribution in [-0.4, -0.2) is 20.7 Å². The van der Waals surface area contributed by atoms with Gasteiger partial charge in [-0.25, -0.2) is 0 Å². The molecule has 5 heteroatoms. The molecule has 1 aliphatic heterocycles. The zero-order chi connectivity index (χ0) is 16.4. The number of carbonyl (C=O) groups is 1. The molecule has 2 heterocycles. The maximum absolute atomic E-state index is 12.7. The van der Waals surface area contributed by atoms with Crippen molar-refractivity contribution in [2.24, 2.45) is 0 Å². The predicted octanol–water partition coefficient (Wildman–Crippen LogP) is 3.46. The van der Waals surface area contributed by atoms with E-state index >= 15 is 0 Å². The number of aromatic nitrogens is 3. The maximum atomic E-state index is 12.7. The number of carbonyl (C=O) groups excluding carboxylic acids is 1. The topological polar surface area (TPSA) is 59.8 Å². The molecule has 1 N–H and O–H groups in total. The van der Waals surface area contributed by atoms with Crippen molar-refractivity contribution in [1.82, 2.24) is 14.8 Å². The van der Waals surface area contributed by atoms with Crippen LogP contribution in [0.1, 0.15) is 24.6 Å². The Morgan fingerprint density at radius 3 is 2.46 bits per heavy atom. The molecule has 0 saturated carbocycles. The van der Waals surface area contributed by atoms with Gasteiger partial charge >= 0.3 is 0 Å². The fourth-order valence-corrected chi connectivity index (χ4v) is 3.18. The van der Waals surface area contributed by atoms with Crippen molar-refractivity contribution in [2.75, 3.05) is 5.32 Å². The molecule has 1 atom stereocenters. The number of anilines is 1. The largest absolute Gasteiger partial charge is 0.325 e. The summed E-state index contributed by atoms with van der Waals surface area (Å²) in [5.74, 6) is 1.31. The minimum atomic E-state index is -0.260. The van der Waals surface area contributed by atoms with Gasteiger partial charge in [0.25, 0.3) is 0 Å². The van der Waals surface area contributed by atoms with Crippen molar-refractivity contribution >= 4 is 11.6 Å². The van der Waals surface area contributed by atoms with Crippen LogP contribution in [-0.2, 0) is 11.3 Å². The maximum Gasteiger partial charge on any atom is 0.235 e. The van der Waals surface area contributed by atoms with Crippen LogP contribution in [0.25, 0.3) is 11.4 Å². The van der Waals surface area contributed by atoms with Crippen LogP contribution in [0.15, 0.2) is 60.7 Å². The molecule has 0 spiro atoms. The molecule has 4 rings (SSSR count). The normalized spacial score (nSPS) is 16.4. The molecule has 5 nitrogen and oxygen atoms in total. The molecule has 1 amide bonds. The summed E-state index contributed by atoms with van der Waals surface area (Å²) in [5.41, 5.74) is 1.84. The van der Waals surface area contributed by atoms with E-state index in [1.54, 1.807) is 0 Å². The first-order valence-electron chi connectivity index (χ1n) is 8.17. The summed E-state index contributed by atoms with van der Waals surface area (Å²) in [6.07, 6.45) is 1.74. The van der Waals surface area contributed by atoms with E-state index in [1.165, 1.54) is 0 Å². The zero-order valence-electron chi connectivity index (χ0n) is 13.2. The number of nitrogens with one attached hydrogen (secondary N) is 1. The van der Waals surface area contributed by atoms with Gasteiger partial charge in [0.1, 0.15) is 5.82 Å². The third-order valence-corrected chi connectivity index (χ3v) is 4.36. The first kappa shape index (κ1) is 14.6. The van der Waals surface area contributed by atoms with E-state index in [2.05, 4.69) is 20.1 Å². The summed E-state index contributed by atoms with van der Waals surface area (Å²) in [4.78, 5) is 12.7. The first-order valence-corrected chi connectivity index (χ1v) is 8.17. The van der Waals surface area contributed by atoms with Gasteiger partial charge in [0.15, 0.2) is 5.82 Å². The highest BCUT2D eigenvalue weighted by atomic mass is 16.1. The number of hydrogen-bond donors (Lipinski definition) is 1. The quantitative estimate of drug-likeness (QED) is 0.804. The van der Waals surface area contributed by atoms with Crippen molar-refractivity contribution in [2.45, 2.75) is 25.3 Å². The molecule has 1 aliphatic rings. The van der Waals surface area contributed by atoms with Crippen molar-refractivity contribution in [1.29, 1.82) is 0 Å². The molecule has 120 valence electrons. The average Bonchev–Trinajstić information content (AvgIpc) is 3.07. The Kier molecular flexibility index (Phi) is 3.83. The van der Waals surface area contributed by atoms with E-state index in [1.807, 2.05) is 60.7 Å². The Bertz CT molecular complexity index is 842. The van der Waals surface area contributed by atoms with Gasteiger partial charge in [-0.2, -0.15) is 0 Å². The van der Waals surface area contributed by atoms with Gasteiger partial charge in [-0.3, -0.25) is 4.79 Å². The third-order valence-electron chi connectivity index (χ3n) is 4.36. The van der Waals surface area contributed by atoms with E-state index < -0.39 is 0 Å². The van der Waals surface area contributed by atoms with Crippen LogP contribution in [0.4, 0.5) is 5.69 Å². The fraction of sp³-hybridized carbons (Fsp3) is 0.211. The van der Waals surface area contributed by atoms with Crippen molar-refractivity contribution in [3.63, 3.8) is 0 Å². The lowest BCUT2D eigenvalue weighted by atomic mass is 9.97. The lowest BCUT2D eigenvalue weighted by molar-refractivity contribution is -0.118. The number of hydrogen-bond acceptors (Lipinski definition) is 3. The third kappa shape index (κ3) is 2.69. The summed E-state index contributed by atoms with van der Waals surface area (Å²) in [7, 11) is 0. The molecule has 24 heavy (non-hydrogen) atoms. The zero-order valence-corrected chi connectivity index (χ0v) is 13.2. The Hall–Kier alpha value is -2.95. The number of amides is 1. The Morgan fingerprint density at radius 1 is 1.00 bits per heavy atom. The predicted molar refractivity (Wildman–Crippen MR) is 92.5 cm³/mol. The molecule has 1 unspecified atom stereocenters. The van der Waals surface area contributed by atoms with Crippen LogP contribution >= 0.6 is 0 Å². The summed E-state index contributed by atoms with van der Waals surface area (Å²) in [6, 6.07) is 19.5. The van der Waals surface area contributed by atoms with Gasteiger partial charge in [0.05, 0.1) is 5.92 Å². The first-order chi connectivity index (χ1) is 11.8. The van der Waals surface area contributed by atoms with E-state index in [9.17, 15) is 4.79 Å². The van der Waals surface area contributed by atoms with Crippen LogP contribution < -0.4 is 5.32 Å². The number of para-hydroxylation sites is 1. The Morgan fingerprint density at radius 2 is 1.71 bits per heavy atom. The molecule has 3 aromatic rings. The molecule has 1 aromatic heterocycles. The van der Waals surface area contributed by atoms with Crippen LogP contribution in [0, 0.1) is 0 Å². The smallest absolute Gasteiger partial charge is 0.235 e. The minimum absolute atomic E-state index is 0.0193. The van der Waals surface area contributed by atoms with Gasteiger partial charge < -0.3 is 9.88 Å². The number of nitrogens with zero attached hydrogens (tertiary/aromatic N) is 3. The highest BCUT2D eigenvalue weighted by Gasteiger charge is 2.31. The van der Waals surface area contributed by atoms with E-state index in [0.717, 1.165) is 42.3 Å². The van der Waals surface area contributed by atoms with E-state index in [4.69, 9.17) is 0 Å². The molecule has 0 aliphatic carbocycles. The summed E-state index contributed by atoms with van der Waals surface area (Å²) < 4.78 is 2.08. The van der Waals surface area contributed by atoms with Crippen molar-refractivity contribution in [3.8, 4) is 11.4 Å². The van der Waals surface area contributed by atoms with Crippen molar-refractivity contribution < 1.29 is 4.79 Å². The average molecular weight is 318 g/mol. The molecule has 0 fully saturated rings. The second-order valence-corrected chi connectivity index (χ2v) is 5.95. The van der Waals surface area contributed by atoms with Gasteiger partial charge in [-0.15, -0.1) is 10.2 Å². The molecule has 0 radical (unpaired) electrons. The lowest BCUT2D eigenvalue weighted by Gasteiger charge is -2.23. The molecule has 2 aromatic carbocycles. The monoisotopic (exact) mass is 318 g/mol. The summed E-state index contributed by atoms with van der Waals surface area (Å²) >= 11 is 0. The highest BCUT2D eigenvalue weighted by Crippen LogP contribution is 2.31. The molecule has 0 bridgehead atoms. The SMILES string of the molecule is O=C(Nc1ccccc1)C1CCCn2c(-c3ccccc3)nnc21. The van der Waals surface area contributed by atoms with Crippen molar-refractivity contribution in [3.05, 3.63) is 66.5 Å². The van der Waals surface area contributed by atoms with E-state index in [-0.39, 0.29) is 11.8 Å². The standard InChI is InChI=1S/C19H18N4O/c24-19(20-15-10-5-2-6-11-15)16-12-7-13-23-17(21-22-18(16)23)14-8-3-1-4-9-14/h1-6,8-11,16H,7,12-13H2,(H,20,24). The van der Waals surface area contributed by atoms with E-state index in [0.29, 0.717) is 0 Å². The molecular formula is C19H18N4O. The van der Waals surface area contributed by atoms with Gasteiger partial charge in [0, 0.05) is 17.8 Å². The lowest BCUT2D eigenvalue weighted by Crippen LogP contribution is -2.27. The second-order valence-electron chi connectivity index (χ2n) is 5.95. The van der Waals surface area contributed by atoms with Crippen LogP contribution in [0.3, 0.4) is 0 Å². The summed E-state index contributed by atoms with van der Waals surface area (Å²) in [6.45, 7) is 0.849. The fourth-order valence-electron chi connectivity index (χ4n) is 3.18. The van der Waals surface area contributed by atoms with Gasteiger partial charge in [-0.1, -0.05) is 48.5 Å². The minimum Gasteiger partial charge on any atom is -0.325 e. The number of benzene rings is 2. The Balaban J connectivity index is 1.63. The van der Waals surface area contributed by atoms with Crippen LogP contribution in [0.2, 0.25) is 0 Å². The highest BCUT2D eigenvalue weighted by molar-refractivity contribution is 5.95. The molecule has 0 saturated heterocycles. The second kappa shape index (κ2) is 6.28. The van der Waals surface area contributed by atoms with Crippen LogP contribution in [0.5, 0.6) is 0 Å². The molecular weight excluding hydrogens is 300 g/mol. The summed E-state index contributed by atoms with van der Waals surface area (Å²) in [5, 5.41) is 11.7. The van der Waals surface area contributed by atoms with Gasteiger partial charge in [0.2, 0.25) is 5.91 Å².